The maximum atomic E-state index is 13.4. The van der Waals surface area contributed by atoms with Gasteiger partial charge in [0.25, 0.3) is 5.91 Å². The Hall–Kier alpha value is -2.17. The number of hydrogen-bond acceptors (Lipinski definition) is 3. The molecule has 1 heterocycles. The molecular formula is C13H13FN2O2. The quantitative estimate of drug-likeness (QED) is 0.907. The molecule has 1 aromatic carbocycles. The number of hydrogen-bond donors (Lipinski definition) is 1. The van der Waals surface area contributed by atoms with Crippen molar-refractivity contribution in [1.29, 1.82) is 0 Å². The van der Waals surface area contributed by atoms with Crippen molar-refractivity contribution in [3.8, 4) is 0 Å². The van der Waals surface area contributed by atoms with Crippen LogP contribution in [0.25, 0.3) is 0 Å². The molecule has 18 heavy (non-hydrogen) atoms. The molecule has 2 rings (SSSR count). The van der Waals surface area contributed by atoms with E-state index >= 15 is 0 Å². The van der Waals surface area contributed by atoms with E-state index in [1.54, 1.807) is 19.9 Å². The van der Waals surface area contributed by atoms with Gasteiger partial charge in [-0.1, -0.05) is 12.1 Å². The van der Waals surface area contributed by atoms with Crippen LogP contribution in [0.1, 0.15) is 27.7 Å². The first-order chi connectivity index (χ1) is 8.58. The number of aryl methyl sites for hydroxylation is 2. The van der Waals surface area contributed by atoms with E-state index in [1.165, 1.54) is 18.2 Å². The predicted molar refractivity (Wildman–Crippen MR) is 63.5 cm³/mol. The molecule has 0 saturated heterocycles. The average molecular weight is 248 g/mol. The van der Waals surface area contributed by atoms with E-state index in [2.05, 4.69) is 10.3 Å². The number of aromatic nitrogens is 1. The molecule has 1 aromatic heterocycles. The summed E-state index contributed by atoms with van der Waals surface area (Å²) in [6.45, 7) is 3.72. The van der Waals surface area contributed by atoms with Crippen LogP contribution >= 0.6 is 0 Å². The molecular weight excluding hydrogens is 235 g/mol. The van der Waals surface area contributed by atoms with Crippen LogP contribution < -0.4 is 5.32 Å². The third-order valence-electron chi connectivity index (χ3n) is 2.53. The number of amides is 1. The van der Waals surface area contributed by atoms with Crippen LogP contribution in [-0.4, -0.2) is 10.9 Å². The average Bonchev–Trinajstić information content (AvgIpc) is 2.65. The molecule has 1 N–H and O–H groups in total. The molecule has 4 nitrogen and oxygen atoms in total. The first-order valence-electron chi connectivity index (χ1n) is 5.53. The normalized spacial score (nSPS) is 10.4. The second-order valence-corrected chi connectivity index (χ2v) is 3.90. The highest BCUT2D eigenvalue weighted by Gasteiger charge is 2.12. The zero-order valence-corrected chi connectivity index (χ0v) is 10.2. The van der Waals surface area contributed by atoms with Crippen molar-refractivity contribution in [1.82, 2.24) is 10.3 Å². The van der Waals surface area contributed by atoms with Gasteiger partial charge in [-0.05, 0) is 19.1 Å². The summed E-state index contributed by atoms with van der Waals surface area (Å²) >= 11 is 0. The molecule has 0 radical (unpaired) electrons. The van der Waals surface area contributed by atoms with Crippen LogP contribution in [0.2, 0.25) is 0 Å². The van der Waals surface area contributed by atoms with Gasteiger partial charge in [-0.2, -0.15) is 0 Å². The molecule has 0 bridgehead atoms. The SMILES string of the molecule is Cc1nc(C)c(CNC(=O)c2ccccc2F)o1. The highest BCUT2D eigenvalue weighted by molar-refractivity contribution is 5.94. The standard InChI is InChI=1S/C13H13FN2O2/c1-8-12(18-9(2)16-8)7-15-13(17)10-5-3-4-6-11(10)14/h3-6H,7H2,1-2H3,(H,15,17). The topological polar surface area (TPSA) is 55.1 Å². The third kappa shape index (κ3) is 2.56. The highest BCUT2D eigenvalue weighted by Crippen LogP contribution is 2.10. The lowest BCUT2D eigenvalue weighted by atomic mass is 10.2. The Morgan fingerprint density at radius 1 is 1.39 bits per heavy atom. The fraction of sp³-hybridized carbons (Fsp3) is 0.231. The van der Waals surface area contributed by atoms with Gasteiger partial charge in [-0.15, -0.1) is 0 Å². The Labute approximate surface area is 104 Å². The van der Waals surface area contributed by atoms with Crippen LogP contribution in [0.5, 0.6) is 0 Å². The molecule has 0 atom stereocenters. The van der Waals surface area contributed by atoms with Crippen LogP contribution in [-0.2, 0) is 6.54 Å². The lowest BCUT2D eigenvalue weighted by Gasteiger charge is -2.04. The van der Waals surface area contributed by atoms with E-state index in [4.69, 9.17) is 4.42 Å². The molecule has 1 amide bonds. The van der Waals surface area contributed by atoms with Gasteiger partial charge in [-0.3, -0.25) is 4.79 Å². The zero-order chi connectivity index (χ0) is 13.1. The number of rotatable bonds is 3. The maximum Gasteiger partial charge on any atom is 0.254 e. The van der Waals surface area contributed by atoms with Gasteiger partial charge in [0.1, 0.15) is 11.6 Å². The van der Waals surface area contributed by atoms with E-state index in [0.29, 0.717) is 11.7 Å². The Balaban J connectivity index is 2.05. The lowest BCUT2D eigenvalue weighted by molar-refractivity contribution is 0.0944. The Morgan fingerprint density at radius 3 is 2.72 bits per heavy atom. The smallest absolute Gasteiger partial charge is 0.254 e. The Kier molecular flexibility index (Phi) is 3.41. The Bertz CT molecular complexity index is 578. The predicted octanol–water partition coefficient (Wildman–Crippen LogP) is 2.36. The fourth-order valence-corrected chi connectivity index (χ4v) is 1.64. The number of carbonyl (C=O) groups excluding carboxylic acids is 1. The van der Waals surface area contributed by atoms with Crippen LogP contribution in [0.3, 0.4) is 0 Å². The van der Waals surface area contributed by atoms with E-state index in [0.717, 1.165) is 5.69 Å². The van der Waals surface area contributed by atoms with Gasteiger partial charge < -0.3 is 9.73 Å². The van der Waals surface area contributed by atoms with E-state index in [9.17, 15) is 9.18 Å². The van der Waals surface area contributed by atoms with E-state index in [1.807, 2.05) is 0 Å². The number of oxazole rings is 1. The number of nitrogens with zero attached hydrogens (tertiary/aromatic N) is 1. The molecule has 0 aliphatic carbocycles. The number of carbonyl (C=O) groups is 1. The van der Waals surface area contributed by atoms with Gasteiger partial charge in [-0.25, -0.2) is 9.37 Å². The summed E-state index contributed by atoms with van der Waals surface area (Å²) in [4.78, 5) is 15.8. The second kappa shape index (κ2) is 5.00. The molecule has 2 aromatic rings. The van der Waals surface area contributed by atoms with Crippen molar-refractivity contribution in [3.05, 3.63) is 53.0 Å². The van der Waals surface area contributed by atoms with Gasteiger partial charge >= 0.3 is 0 Å². The van der Waals surface area contributed by atoms with Gasteiger partial charge in [0, 0.05) is 6.92 Å². The van der Waals surface area contributed by atoms with Crippen LogP contribution in [0.15, 0.2) is 28.7 Å². The summed E-state index contributed by atoms with van der Waals surface area (Å²) in [5.41, 5.74) is 0.743. The summed E-state index contributed by atoms with van der Waals surface area (Å²) < 4.78 is 18.7. The molecule has 0 unspecified atom stereocenters. The van der Waals surface area contributed by atoms with Crippen molar-refractivity contribution in [2.24, 2.45) is 0 Å². The van der Waals surface area contributed by atoms with Crippen molar-refractivity contribution in [2.75, 3.05) is 0 Å². The molecule has 94 valence electrons. The van der Waals surface area contributed by atoms with Gasteiger partial charge in [0.15, 0.2) is 5.89 Å². The van der Waals surface area contributed by atoms with E-state index < -0.39 is 11.7 Å². The molecule has 5 heteroatoms. The Morgan fingerprint density at radius 2 is 2.11 bits per heavy atom. The van der Waals surface area contributed by atoms with Crippen molar-refractivity contribution in [2.45, 2.75) is 20.4 Å². The maximum absolute atomic E-state index is 13.4. The summed E-state index contributed by atoms with van der Waals surface area (Å²) in [6.07, 6.45) is 0. The van der Waals surface area contributed by atoms with Crippen LogP contribution in [0.4, 0.5) is 4.39 Å². The highest BCUT2D eigenvalue weighted by atomic mass is 19.1. The minimum atomic E-state index is -0.541. The minimum Gasteiger partial charge on any atom is -0.444 e. The summed E-state index contributed by atoms with van der Waals surface area (Å²) in [6, 6.07) is 5.83. The summed E-state index contributed by atoms with van der Waals surface area (Å²) in [5, 5.41) is 2.60. The number of benzene rings is 1. The summed E-state index contributed by atoms with van der Waals surface area (Å²) in [5.74, 6) is 0.113. The third-order valence-corrected chi connectivity index (χ3v) is 2.53. The van der Waals surface area contributed by atoms with Crippen molar-refractivity contribution in [3.63, 3.8) is 0 Å². The first kappa shape index (κ1) is 12.3. The number of halogens is 1. The van der Waals surface area contributed by atoms with Crippen molar-refractivity contribution >= 4 is 5.91 Å². The molecule has 0 saturated carbocycles. The molecule has 0 aliphatic heterocycles. The fourth-order valence-electron chi connectivity index (χ4n) is 1.64. The van der Waals surface area contributed by atoms with Crippen LogP contribution in [0, 0.1) is 19.7 Å². The lowest BCUT2D eigenvalue weighted by Crippen LogP contribution is -2.23. The minimum absolute atomic E-state index is 0.0198. The first-order valence-corrected chi connectivity index (χ1v) is 5.53. The monoisotopic (exact) mass is 248 g/mol. The number of nitrogens with one attached hydrogen (secondary N) is 1. The van der Waals surface area contributed by atoms with Gasteiger partial charge in [0.2, 0.25) is 0 Å². The molecule has 0 spiro atoms. The second-order valence-electron chi connectivity index (χ2n) is 3.90. The summed E-state index contributed by atoms with van der Waals surface area (Å²) in [7, 11) is 0. The van der Waals surface area contributed by atoms with E-state index in [-0.39, 0.29) is 12.1 Å². The molecule has 0 aliphatic rings. The van der Waals surface area contributed by atoms with Crippen molar-refractivity contribution < 1.29 is 13.6 Å². The van der Waals surface area contributed by atoms with Gasteiger partial charge in [0.05, 0.1) is 17.8 Å². The zero-order valence-electron chi connectivity index (χ0n) is 10.2. The molecule has 0 fully saturated rings. The largest absolute Gasteiger partial charge is 0.444 e.